The molecule has 3 N–H and O–H groups in total. The van der Waals surface area contributed by atoms with Crippen LogP contribution >= 0.6 is 11.3 Å². The Balaban J connectivity index is 1.43. The number of nitrogen functional groups attached to an aromatic ring is 1. The first-order chi connectivity index (χ1) is 12.8. The summed E-state index contributed by atoms with van der Waals surface area (Å²) in [6.45, 7) is 4.42. The molecular formula is C19H24N6S. The zero-order chi connectivity index (χ0) is 17.5. The number of piperazine rings is 1. The molecule has 1 saturated heterocycles. The quantitative estimate of drug-likeness (QED) is 0.742. The number of H-pyrrole nitrogens is 1. The lowest BCUT2D eigenvalue weighted by Gasteiger charge is -2.39. The molecule has 1 saturated carbocycles. The highest BCUT2D eigenvalue weighted by Gasteiger charge is 2.27. The number of nitrogens with two attached hydrogens (primary N) is 1. The van der Waals surface area contributed by atoms with Gasteiger partial charge in [0.1, 0.15) is 5.82 Å². The van der Waals surface area contributed by atoms with Crippen LogP contribution < -0.4 is 10.6 Å². The summed E-state index contributed by atoms with van der Waals surface area (Å²) in [4.78, 5) is 10.9. The van der Waals surface area contributed by atoms with Gasteiger partial charge >= 0.3 is 0 Å². The Bertz CT molecular complexity index is 888. The van der Waals surface area contributed by atoms with E-state index in [0.717, 1.165) is 48.3 Å². The van der Waals surface area contributed by atoms with E-state index in [1.54, 1.807) is 17.5 Å². The van der Waals surface area contributed by atoms with Crippen molar-refractivity contribution in [2.75, 3.05) is 36.8 Å². The summed E-state index contributed by atoms with van der Waals surface area (Å²) in [6, 6.07) is 6.96. The summed E-state index contributed by atoms with van der Waals surface area (Å²) < 4.78 is 1.22. The number of aromatic amines is 1. The van der Waals surface area contributed by atoms with Crippen molar-refractivity contribution in [2.45, 2.75) is 31.7 Å². The van der Waals surface area contributed by atoms with Crippen LogP contribution in [0.3, 0.4) is 0 Å². The van der Waals surface area contributed by atoms with Crippen LogP contribution in [0.4, 0.5) is 11.5 Å². The summed E-state index contributed by atoms with van der Waals surface area (Å²) >= 11 is 1.77. The highest BCUT2D eigenvalue weighted by atomic mass is 32.1. The summed E-state index contributed by atoms with van der Waals surface area (Å²) in [6.07, 6.45) is 7.34. The Morgan fingerprint density at radius 1 is 1.12 bits per heavy atom. The van der Waals surface area contributed by atoms with E-state index in [4.69, 9.17) is 5.73 Å². The third-order valence-corrected chi connectivity index (χ3v) is 6.92. The van der Waals surface area contributed by atoms with Crippen LogP contribution in [0.25, 0.3) is 20.8 Å². The van der Waals surface area contributed by atoms with E-state index in [-0.39, 0.29) is 0 Å². The van der Waals surface area contributed by atoms with Gasteiger partial charge in [-0.15, -0.1) is 11.3 Å². The number of rotatable bonds is 3. The lowest BCUT2D eigenvalue weighted by atomic mass is 10.1. The second kappa shape index (κ2) is 6.55. The second-order valence-corrected chi connectivity index (χ2v) is 8.38. The molecule has 1 aliphatic carbocycles. The van der Waals surface area contributed by atoms with Crippen LogP contribution in [0.15, 0.2) is 24.4 Å². The molecule has 0 radical (unpaired) electrons. The summed E-state index contributed by atoms with van der Waals surface area (Å²) in [5.41, 5.74) is 9.36. The van der Waals surface area contributed by atoms with Gasteiger partial charge in [-0.2, -0.15) is 5.10 Å². The lowest BCUT2D eigenvalue weighted by molar-refractivity contribution is 0.187. The SMILES string of the molecule is Nc1cc(N2CCN(C3CCCC3)CC2)c2sc(-c3ccn[nH]3)cc2n1. The van der Waals surface area contributed by atoms with Gasteiger partial charge in [0.2, 0.25) is 0 Å². The Morgan fingerprint density at radius 3 is 2.65 bits per heavy atom. The van der Waals surface area contributed by atoms with Crippen LogP contribution in [-0.4, -0.2) is 52.3 Å². The molecule has 4 heterocycles. The number of nitrogens with zero attached hydrogens (tertiary/aromatic N) is 4. The first-order valence-corrected chi connectivity index (χ1v) is 10.3. The predicted octanol–water partition coefficient (Wildman–Crippen LogP) is 3.33. The van der Waals surface area contributed by atoms with Crippen LogP contribution in [-0.2, 0) is 0 Å². The van der Waals surface area contributed by atoms with E-state index in [1.807, 2.05) is 12.1 Å². The molecule has 3 aromatic rings. The number of aromatic nitrogens is 3. The minimum absolute atomic E-state index is 0.597. The first-order valence-electron chi connectivity index (χ1n) is 9.47. The molecular weight excluding hydrogens is 344 g/mol. The van der Waals surface area contributed by atoms with Gasteiger partial charge in [0.05, 0.1) is 26.5 Å². The third-order valence-electron chi connectivity index (χ3n) is 5.74. The van der Waals surface area contributed by atoms with Crippen molar-refractivity contribution in [3.05, 3.63) is 24.4 Å². The monoisotopic (exact) mass is 368 g/mol. The molecule has 5 rings (SSSR count). The van der Waals surface area contributed by atoms with Crippen LogP contribution in [0, 0.1) is 0 Å². The average molecular weight is 369 g/mol. The van der Waals surface area contributed by atoms with E-state index >= 15 is 0 Å². The standard InChI is InChI=1S/C19H24N6S/c20-18-12-16(25-9-7-24(8-10-25)13-3-1-2-4-13)19-15(22-18)11-17(26-19)14-5-6-21-23-14/h5-6,11-13H,1-4,7-10H2,(H2,20,22)(H,21,23). The fourth-order valence-electron chi connectivity index (χ4n) is 4.38. The maximum Gasteiger partial charge on any atom is 0.126 e. The van der Waals surface area contributed by atoms with E-state index in [0.29, 0.717) is 5.82 Å². The van der Waals surface area contributed by atoms with E-state index in [1.165, 1.54) is 36.1 Å². The van der Waals surface area contributed by atoms with Crippen molar-refractivity contribution in [3.8, 4) is 10.6 Å². The minimum atomic E-state index is 0.597. The number of anilines is 2. The van der Waals surface area contributed by atoms with Gasteiger partial charge in [0.15, 0.2) is 0 Å². The van der Waals surface area contributed by atoms with Gasteiger partial charge in [-0.3, -0.25) is 10.00 Å². The lowest BCUT2D eigenvalue weighted by Crippen LogP contribution is -2.49. The second-order valence-electron chi connectivity index (χ2n) is 7.32. The van der Waals surface area contributed by atoms with Gasteiger partial charge in [0.25, 0.3) is 0 Å². The molecule has 6 nitrogen and oxygen atoms in total. The zero-order valence-corrected chi connectivity index (χ0v) is 15.6. The zero-order valence-electron chi connectivity index (χ0n) is 14.8. The number of nitrogens with one attached hydrogen (secondary N) is 1. The fraction of sp³-hybridized carbons (Fsp3) is 0.474. The molecule has 7 heteroatoms. The molecule has 0 bridgehead atoms. The number of fused-ring (bicyclic) bond motifs is 1. The molecule has 26 heavy (non-hydrogen) atoms. The largest absolute Gasteiger partial charge is 0.384 e. The molecule has 2 aliphatic rings. The predicted molar refractivity (Wildman–Crippen MR) is 108 cm³/mol. The smallest absolute Gasteiger partial charge is 0.126 e. The van der Waals surface area contributed by atoms with Crippen molar-refractivity contribution in [2.24, 2.45) is 0 Å². The van der Waals surface area contributed by atoms with Crippen LogP contribution in [0.1, 0.15) is 25.7 Å². The van der Waals surface area contributed by atoms with Gasteiger partial charge in [-0.05, 0) is 25.0 Å². The van der Waals surface area contributed by atoms with E-state index in [2.05, 4.69) is 31.0 Å². The van der Waals surface area contributed by atoms with Crippen LogP contribution in [0.2, 0.25) is 0 Å². The van der Waals surface area contributed by atoms with Crippen molar-refractivity contribution < 1.29 is 0 Å². The van der Waals surface area contributed by atoms with Gasteiger partial charge in [0, 0.05) is 44.5 Å². The van der Waals surface area contributed by atoms with Gasteiger partial charge in [-0.1, -0.05) is 12.8 Å². The number of pyridine rings is 1. The molecule has 3 aromatic heterocycles. The third kappa shape index (κ3) is 2.85. The van der Waals surface area contributed by atoms with Crippen molar-refractivity contribution in [1.82, 2.24) is 20.1 Å². The Morgan fingerprint density at radius 2 is 1.92 bits per heavy atom. The molecule has 136 valence electrons. The first kappa shape index (κ1) is 16.1. The Labute approximate surface area is 157 Å². The number of hydrogen-bond donors (Lipinski definition) is 2. The molecule has 0 aromatic carbocycles. The minimum Gasteiger partial charge on any atom is -0.384 e. The molecule has 1 aliphatic heterocycles. The van der Waals surface area contributed by atoms with Crippen LogP contribution in [0.5, 0.6) is 0 Å². The number of hydrogen-bond acceptors (Lipinski definition) is 6. The summed E-state index contributed by atoms with van der Waals surface area (Å²) in [5, 5.41) is 7.11. The Kier molecular flexibility index (Phi) is 4.05. The molecule has 2 fully saturated rings. The Hall–Kier alpha value is -2.12. The average Bonchev–Trinajstić information content (AvgIpc) is 3.40. The highest BCUT2D eigenvalue weighted by molar-refractivity contribution is 7.22. The number of thiophene rings is 1. The molecule has 0 spiro atoms. The van der Waals surface area contributed by atoms with E-state index < -0.39 is 0 Å². The van der Waals surface area contributed by atoms with Crippen molar-refractivity contribution >= 4 is 33.1 Å². The highest BCUT2D eigenvalue weighted by Crippen LogP contribution is 2.39. The summed E-state index contributed by atoms with van der Waals surface area (Å²) in [7, 11) is 0. The van der Waals surface area contributed by atoms with Gasteiger partial charge < -0.3 is 10.6 Å². The summed E-state index contributed by atoms with van der Waals surface area (Å²) in [5.74, 6) is 0.597. The van der Waals surface area contributed by atoms with E-state index in [9.17, 15) is 0 Å². The molecule has 0 unspecified atom stereocenters. The normalized spacial score (nSPS) is 19.6. The van der Waals surface area contributed by atoms with Crippen molar-refractivity contribution in [1.29, 1.82) is 0 Å². The fourth-order valence-corrected chi connectivity index (χ4v) is 5.50. The topological polar surface area (TPSA) is 74.1 Å². The maximum atomic E-state index is 6.12. The van der Waals surface area contributed by atoms with Gasteiger partial charge in [-0.25, -0.2) is 4.98 Å². The molecule has 0 amide bonds. The molecule has 0 atom stereocenters. The maximum absolute atomic E-state index is 6.12. The van der Waals surface area contributed by atoms with Crippen molar-refractivity contribution in [3.63, 3.8) is 0 Å².